The molecule has 0 unspecified atom stereocenters. The molecule has 0 radical (unpaired) electrons. The summed E-state index contributed by atoms with van der Waals surface area (Å²) >= 11 is 0. The summed E-state index contributed by atoms with van der Waals surface area (Å²) in [6, 6.07) is 4.59. The molecule has 96 valence electrons. The maximum absolute atomic E-state index is 6.46. The number of rotatable bonds is 3. The summed E-state index contributed by atoms with van der Waals surface area (Å²) in [4.78, 5) is 0. The third kappa shape index (κ3) is 2.49. The fourth-order valence-electron chi connectivity index (χ4n) is 2.71. The van der Waals surface area contributed by atoms with Crippen molar-refractivity contribution in [3.05, 3.63) is 34.4 Å². The first-order chi connectivity index (χ1) is 7.60. The second-order valence-corrected chi connectivity index (χ2v) is 4.92. The van der Waals surface area contributed by atoms with Gasteiger partial charge in [0.25, 0.3) is 0 Å². The number of benzene rings is 1. The number of hydrogen-bond acceptors (Lipinski definition) is 2. The fraction of sp³-hybridized carbons (Fsp3) is 0.571. The lowest BCUT2D eigenvalue weighted by molar-refractivity contribution is 0.283. The van der Waals surface area contributed by atoms with Crippen LogP contribution in [0.5, 0.6) is 0 Å². The molecule has 1 aromatic carbocycles. The van der Waals surface area contributed by atoms with Crippen LogP contribution in [-0.2, 0) is 18.4 Å². The van der Waals surface area contributed by atoms with Gasteiger partial charge in [-0.05, 0) is 36.5 Å². The lowest BCUT2D eigenvalue weighted by Gasteiger charge is -2.42. The molecular weight excluding hydrogens is 232 g/mol. The lowest BCUT2D eigenvalue weighted by atomic mass is 9.78. The van der Waals surface area contributed by atoms with Gasteiger partial charge in [0.15, 0.2) is 0 Å². The molecule has 0 atom stereocenters. The molecule has 17 heavy (non-hydrogen) atoms. The topological polar surface area (TPSA) is 38.0 Å². The fourth-order valence-corrected chi connectivity index (χ4v) is 2.71. The van der Waals surface area contributed by atoms with Crippen molar-refractivity contribution < 1.29 is 0 Å². The maximum Gasteiger partial charge on any atom is 0.0667 e. The molecule has 1 saturated heterocycles. The minimum Gasteiger partial charge on any atom is -0.319 e. The van der Waals surface area contributed by atoms with Gasteiger partial charge in [-0.3, -0.25) is 0 Å². The van der Waals surface area contributed by atoms with Crippen LogP contribution in [0, 0.1) is 6.92 Å². The quantitative estimate of drug-likeness (QED) is 0.869. The Bertz CT molecular complexity index is 372. The highest BCUT2D eigenvalue weighted by Crippen LogP contribution is 2.31. The van der Waals surface area contributed by atoms with E-state index in [0.717, 1.165) is 25.9 Å². The largest absolute Gasteiger partial charge is 0.319 e. The molecular formula is C14H23ClN2. The number of aryl methyl sites for hydroxylation is 3. The Kier molecular flexibility index (Phi) is 4.59. The van der Waals surface area contributed by atoms with Crippen molar-refractivity contribution in [2.24, 2.45) is 5.73 Å². The van der Waals surface area contributed by atoms with Gasteiger partial charge in [-0.25, -0.2) is 0 Å². The van der Waals surface area contributed by atoms with Crippen molar-refractivity contribution in [1.29, 1.82) is 0 Å². The molecule has 0 spiro atoms. The van der Waals surface area contributed by atoms with E-state index >= 15 is 0 Å². The Hall–Kier alpha value is -0.570. The highest BCUT2D eigenvalue weighted by molar-refractivity contribution is 5.85. The van der Waals surface area contributed by atoms with E-state index in [1.165, 1.54) is 22.3 Å². The van der Waals surface area contributed by atoms with E-state index in [-0.39, 0.29) is 17.9 Å². The summed E-state index contributed by atoms with van der Waals surface area (Å²) in [5.74, 6) is 0. The normalized spacial score (nSPS) is 17.2. The molecule has 1 aromatic rings. The van der Waals surface area contributed by atoms with Gasteiger partial charge in [0.1, 0.15) is 0 Å². The van der Waals surface area contributed by atoms with E-state index in [1.54, 1.807) is 0 Å². The molecule has 1 fully saturated rings. The molecule has 2 nitrogen and oxygen atoms in total. The Morgan fingerprint density at radius 1 is 1.18 bits per heavy atom. The van der Waals surface area contributed by atoms with Gasteiger partial charge in [-0.15, -0.1) is 12.4 Å². The van der Waals surface area contributed by atoms with E-state index in [1.807, 2.05) is 0 Å². The van der Waals surface area contributed by atoms with Gasteiger partial charge in [-0.2, -0.15) is 0 Å². The second-order valence-electron chi connectivity index (χ2n) is 4.92. The predicted octanol–water partition coefficient (Wildman–Crippen LogP) is 2.30. The first kappa shape index (κ1) is 14.5. The highest BCUT2D eigenvalue weighted by Gasteiger charge is 2.37. The van der Waals surface area contributed by atoms with Gasteiger partial charge in [0, 0.05) is 13.1 Å². The third-order valence-corrected chi connectivity index (χ3v) is 3.59. The molecule has 0 bridgehead atoms. The van der Waals surface area contributed by atoms with Crippen LogP contribution in [0.3, 0.4) is 0 Å². The molecule has 0 aromatic heterocycles. The van der Waals surface area contributed by atoms with Crippen LogP contribution in [0.2, 0.25) is 0 Å². The van der Waals surface area contributed by atoms with Crippen molar-refractivity contribution in [3.63, 3.8) is 0 Å². The van der Waals surface area contributed by atoms with Crippen molar-refractivity contribution in [2.75, 3.05) is 13.1 Å². The molecule has 3 heteroatoms. The summed E-state index contributed by atoms with van der Waals surface area (Å²) in [6.45, 7) is 8.43. The van der Waals surface area contributed by atoms with Gasteiger partial charge in [0.2, 0.25) is 0 Å². The van der Waals surface area contributed by atoms with E-state index in [2.05, 4.69) is 38.2 Å². The molecule has 2 rings (SSSR count). The summed E-state index contributed by atoms with van der Waals surface area (Å²) in [5.41, 5.74) is 12.0. The smallest absolute Gasteiger partial charge is 0.0667 e. The minimum absolute atomic E-state index is 0. The molecule has 1 heterocycles. The number of halogens is 1. The van der Waals surface area contributed by atoms with Crippen molar-refractivity contribution >= 4 is 12.4 Å². The zero-order chi connectivity index (χ0) is 11.8. The van der Waals surface area contributed by atoms with Crippen LogP contribution >= 0.6 is 12.4 Å². The zero-order valence-electron chi connectivity index (χ0n) is 11.0. The number of nitrogens with one attached hydrogen (secondary N) is 1. The van der Waals surface area contributed by atoms with Crippen LogP contribution in [0.4, 0.5) is 0 Å². The average molecular weight is 255 g/mol. The monoisotopic (exact) mass is 254 g/mol. The van der Waals surface area contributed by atoms with Gasteiger partial charge < -0.3 is 11.1 Å². The maximum atomic E-state index is 6.46. The number of nitrogens with two attached hydrogens (primary N) is 1. The van der Waals surface area contributed by atoms with Crippen LogP contribution in [0.25, 0.3) is 0 Å². The van der Waals surface area contributed by atoms with Crippen LogP contribution < -0.4 is 11.1 Å². The van der Waals surface area contributed by atoms with Crippen molar-refractivity contribution in [3.8, 4) is 0 Å². The SMILES string of the molecule is CCc1cc(C)cc(CC)c1C1(N)CNC1.Cl. The van der Waals surface area contributed by atoms with Crippen LogP contribution in [0.15, 0.2) is 12.1 Å². The van der Waals surface area contributed by atoms with Crippen LogP contribution in [-0.4, -0.2) is 13.1 Å². The summed E-state index contributed by atoms with van der Waals surface area (Å²) < 4.78 is 0. The van der Waals surface area contributed by atoms with Crippen LogP contribution in [0.1, 0.15) is 36.1 Å². The molecule has 1 aliphatic rings. The minimum atomic E-state index is -0.121. The summed E-state index contributed by atoms with van der Waals surface area (Å²) in [5, 5.41) is 3.29. The summed E-state index contributed by atoms with van der Waals surface area (Å²) in [6.07, 6.45) is 2.14. The van der Waals surface area contributed by atoms with Crippen molar-refractivity contribution in [2.45, 2.75) is 39.2 Å². The average Bonchev–Trinajstić information content (AvgIpc) is 2.24. The van der Waals surface area contributed by atoms with Gasteiger partial charge >= 0.3 is 0 Å². The molecule has 0 saturated carbocycles. The second kappa shape index (κ2) is 5.38. The molecule has 1 aliphatic heterocycles. The Morgan fingerprint density at radius 3 is 1.94 bits per heavy atom. The molecule has 0 amide bonds. The predicted molar refractivity (Wildman–Crippen MR) is 75.9 cm³/mol. The molecule has 0 aliphatic carbocycles. The van der Waals surface area contributed by atoms with E-state index in [9.17, 15) is 0 Å². The third-order valence-electron chi connectivity index (χ3n) is 3.59. The Morgan fingerprint density at radius 2 is 1.65 bits per heavy atom. The standard InChI is InChI=1S/C14H22N2.ClH/c1-4-11-6-10(3)7-12(5-2)13(11)14(15)8-16-9-14;/h6-7,16H,4-5,8-9,15H2,1-3H3;1H. The van der Waals surface area contributed by atoms with E-state index in [0.29, 0.717) is 0 Å². The van der Waals surface area contributed by atoms with Crippen molar-refractivity contribution in [1.82, 2.24) is 5.32 Å². The Balaban J connectivity index is 0.00000144. The Labute approximate surface area is 110 Å². The summed E-state index contributed by atoms with van der Waals surface area (Å²) in [7, 11) is 0. The first-order valence-electron chi connectivity index (χ1n) is 6.23. The first-order valence-corrected chi connectivity index (χ1v) is 6.23. The van der Waals surface area contributed by atoms with Gasteiger partial charge in [0.05, 0.1) is 5.54 Å². The lowest BCUT2D eigenvalue weighted by Crippen LogP contribution is -2.63. The number of hydrogen-bond donors (Lipinski definition) is 2. The molecule has 3 N–H and O–H groups in total. The van der Waals surface area contributed by atoms with E-state index in [4.69, 9.17) is 5.73 Å². The zero-order valence-corrected chi connectivity index (χ0v) is 11.8. The van der Waals surface area contributed by atoms with Gasteiger partial charge in [-0.1, -0.05) is 31.5 Å². The van der Waals surface area contributed by atoms with E-state index < -0.39 is 0 Å². The highest BCUT2D eigenvalue weighted by atomic mass is 35.5.